The van der Waals surface area contributed by atoms with Gasteiger partial charge in [-0.25, -0.2) is 4.39 Å². The molecule has 1 aliphatic rings. The number of benzene rings is 1. The van der Waals surface area contributed by atoms with E-state index in [0.29, 0.717) is 4.47 Å². The van der Waals surface area contributed by atoms with Crippen molar-refractivity contribution in [1.82, 2.24) is 20.1 Å². The summed E-state index contributed by atoms with van der Waals surface area (Å²) in [6.45, 7) is 2.72. The highest BCUT2D eigenvalue weighted by Gasteiger charge is 2.23. The van der Waals surface area contributed by atoms with E-state index in [2.05, 4.69) is 31.4 Å². The molecule has 5 nitrogen and oxygen atoms in total. The van der Waals surface area contributed by atoms with Gasteiger partial charge >= 0.3 is 0 Å². The second-order valence-corrected chi connectivity index (χ2v) is 5.90. The molecule has 1 aromatic heterocycles. The predicted octanol–water partition coefficient (Wildman–Crippen LogP) is 2.62. The molecule has 2 heterocycles. The molecule has 0 aliphatic carbocycles. The summed E-state index contributed by atoms with van der Waals surface area (Å²) in [5.74, 6) is 0.907. The van der Waals surface area contributed by atoms with Crippen LogP contribution in [0.1, 0.15) is 41.4 Å². The predicted molar refractivity (Wildman–Crippen MR) is 78.3 cm³/mol. The molecule has 0 saturated heterocycles. The average Bonchev–Trinajstić information content (AvgIpc) is 3.03. The highest BCUT2D eigenvalue weighted by Crippen LogP contribution is 2.21. The van der Waals surface area contributed by atoms with E-state index >= 15 is 0 Å². The quantitative estimate of drug-likeness (QED) is 0.923. The third kappa shape index (κ3) is 2.70. The maximum Gasteiger partial charge on any atom is 0.253 e. The Bertz CT molecular complexity index is 700. The average molecular weight is 353 g/mol. The van der Waals surface area contributed by atoms with Crippen molar-refractivity contribution in [3.8, 4) is 0 Å². The van der Waals surface area contributed by atoms with Crippen molar-refractivity contribution < 1.29 is 9.18 Å². The van der Waals surface area contributed by atoms with E-state index in [-0.39, 0.29) is 17.5 Å². The Kier molecular flexibility index (Phi) is 3.75. The van der Waals surface area contributed by atoms with Gasteiger partial charge in [0, 0.05) is 17.4 Å². The van der Waals surface area contributed by atoms with E-state index in [0.717, 1.165) is 31.0 Å². The van der Waals surface area contributed by atoms with Crippen LogP contribution in [0, 0.1) is 5.82 Å². The summed E-state index contributed by atoms with van der Waals surface area (Å²) in [6.07, 6.45) is 1.97. The van der Waals surface area contributed by atoms with Gasteiger partial charge in [-0.2, -0.15) is 0 Å². The summed E-state index contributed by atoms with van der Waals surface area (Å²) in [5, 5.41) is 11.1. The molecule has 0 spiro atoms. The molecule has 7 heteroatoms. The van der Waals surface area contributed by atoms with Crippen molar-refractivity contribution in [2.45, 2.75) is 32.4 Å². The molecule has 3 rings (SSSR count). The lowest BCUT2D eigenvalue weighted by Crippen LogP contribution is -2.29. The minimum Gasteiger partial charge on any atom is -0.342 e. The first kappa shape index (κ1) is 14.2. The van der Waals surface area contributed by atoms with Crippen molar-refractivity contribution in [3.05, 3.63) is 45.7 Å². The Labute approximate surface area is 129 Å². The van der Waals surface area contributed by atoms with Crippen LogP contribution in [0.5, 0.6) is 0 Å². The van der Waals surface area contributed by atoms with Gasteiger partial charge in [0.05, 0.1) is 11.6 Å². The van der Waals surface area contributed by atoms with Gasteiger partial charge < -0.3 is 9.88 Å². The highest BCUT2D eigenvalue weighted by atomic mass is 79.9. The van der Waals surface area contributed by atoms with Crippen molar-refractivity contribution in [3.63, 3.8) is 0 Å². The first-order chi connectivity index (χ1) is 10.1. The molecule has 0 saturated carbocycles. The number of nitrogens with zero attached hydrogens (tertiary/aromatic N) is 3. The Hall–Kier alpha value is -1.76. The largest absolute Gasteiger partial charge is 0.342 e. The van der Waals surface area contributed by atoms with Crippen molar-refractivity contribution >= 4 is 21.8 Å². The fraction of sp³-hybridized carbons (Fsp3) is 0.357. The van der Waals surface area contributed by atoms with E-state index < -0.39 is 5.82 Å². The van der Waals surface area contributed by atoms with Gasteiger partial charge in [-0.1, -0.05) is 0 Å². The molecule has 0 fully saturated rings. The molecule has 1 aliphatic heterocycles. The third-order valence-electron chi connectivity index (χ3n) is 3.55. The lowest BCUT2D eigenvalue weighted by Gasteiger charge is -2.14. The Morgan fingerprint density at radius 3 is 3.10 bits per heavy atom. The molecular formula is C14H14BrFN4O. The number of carbonyl (C=O) groups excluding carboxylic acids is 1. The molecule has 0 radical (unpaired) electrons. The summed E-state index contributed by atoms with van der Waals surface area (Å²) >= 11 is 3.26. The van der Waals surface area contributed by atoms with Crippen LogP contribution in [0.15, 0.2) is 22.7 Å². The fourth-order valence-corrected chi connectivity index (χ4v) is 2.93. The SMILES string of the molecule is CC(NC(=O)c1cc(F)ccc1Br)c1nnc2n1CCC2. The molecule has 2 aromatic rings. The van der Waals surface area contributed by atoms with E-state index in [1.54, 1.807) is 0 Å². The van der Waals surface area contributed by atoms with Gasteiger partial charge in [-0.3, -0.25) is 4.79 Å². The van der Waals surface area contributed by atoms with E-state index in [1.165, 1.54) is 18.2 Å². The zero-order valence-electron chi connectivity index (χ0n) is 11.4. The number of hydrogen-bond donors (Lipinski definition) is 1. The summed E-state index contributed by atoms with van der Waals surface area (Å²) in [5.41, 5.74) is 0.267. The number of hydrogen-bond acceptors (Lipinski definition) is 3. The fourth-order valence-electron chi connectivity index (χ4n) is 2.50. The Morgan fingerprint density at radius 2 is 2.29 bits per heavy atom. The molecule has 1 aromatic carbocycles. The summed E-state index contributed by atoms with van der Waals surface area (Å²) < 4.78 is 15.9. The van der Waals surface area contributed by atoms with Gasteiger partial charge in [-0.05, 0) is 47.5 Å². The highest BCUT2D eigenvalue weighted by molar-refractivity contribution is 9.10. The number of fused-ring (bicyclic) bond motifs is 1. The van der Waals surface area contributed by atoms with Crippen LogP contribution in [0.2, 0.25) is 0 Å². The van der Waals surface area contributed by atoms with Crippen LogP contribution in [0.3, 0.4) is 0 Å². The monoisotopic (exact) mass is 352 g/mol. The van der Waals surface area contributed by atoms with Gasteiger partial charge in [0.25, 0.3) is 5.91 Å². The number of amides is 1. The van der Waals surface area contributed by atoms with Crippen molar-refractivity contribution in [1.29, 1.82) is 0 Å². The number of rotatable bonds is 3. The van der Waals surface area contributed by atoms with E-state index in [1.807, 2.05) is 11.5 Å². The Morgan fingerprint density at radius 1 is 1.48 bits per heavy atom. The van der Waals surface area contributed by atoms with Crippen LogP contribution < -0.4 is 5.32 Å². The lowest BCUT2D eigenvalue weighted by atomic mass is 10.2. The van der Waals surface area contributed by atoms with Crippen LogP contribution in [-0.4, -0.2) is 20.7 Å². The first-order valence-corrected chi connectivity index (χ1v) is 7.53. The van der Waals surface area contributed by atoms with Crippen LogP contribution in [0.25, 0.3) is 0 Å². The number of nitrogens with one attached hydrogen (secondary N) is 1. The van der Waals surface area contributed by atoms with E-state index in [4.69, 9.17) is 0 Å². The van der Waals surface area contributed by atoms with Crippen molar-refractivity contribution in [2.75, 3.05) is 0 Å². The van der Waals surface area contributed by atoms with Crippen molar-refractivity contribution in [2.24, 2.45) is 0 Å². The first-order valence-electron chi connectivity index (χ1n) is 6.74. The number of halogens is 2. The molecule has 1 N–H and O–H groups in total. The second-order valence-electron chi connectivity index (χ2n) is 5.05. The van der Waals surface area contributed by atoms with Gasteiger partial charge in [0.2, 0.25) is 0 Å². The standard InChI is InChI=1S/C14H14BrFN4O/c1-8(13-19-18-12-3-2-6-20(12)13)17-14(21)10-7-9(16)4-5-11(10)15/h4-5,7-8H,2-3,6H2,1H3,(H,17,21). The van der Waals surface area contributed by atoms with Gasteiger partial charge in [-0.15, -0.1) is 10.2 Å². The Balaban J connectivity index is 1.79. The maximum absolute atomic E-state index is 13.3. The normalized spacial score (nSPS) is 14.8. The zero-order valence-corrected chi connectivity index (χ0v) is 13.0. The topological polar surface area (TPSA) is 59.8 Å². The molecule has 21 heavy (non-hydrogen) atoms. The third-order valence-corrected chi connectivity index (χ3v) is 4.24. The van der Waals surface area contributed by atoms with Gasteiger partial charge in [0.1, 0.15) is 11.6 Å². The van der Waals surface area contributed by atoms with Crippen LogP contribution in [0.4, 0.5) is 4.39 Å². The number of aromatic nitrogens is 3. The molecule has 0 bridgehead atoms. The summed E-state index contributed by atoms with van der Waals surface area (Å²) in [6, 6.07) is 3.74. The maximum atomic E-state index is 13.3. The second kappa shape index (κ2) is 5.55. The van der Waals surface area contributed by atoms with Crippen LogP contribution in [-0.2, 0) is 13.0 Å². The molecule has 1 atom stereocenters. The molecule has 110 valence electrons. The number of carbonyl (C=O) groups is 1. The molecule has 1 unspecified atom stereocenters. The van der Waals surface area contributed by atoms with Gasteiger partial charge in [0.15, 0.2) is 5.82 Å². The minimum atomic E-state index is -0.445. The summed E-state index contributed by atoms with van der Waals surface area (Å²) in [7, 11) is 0. The summed E-state index contributed by atoms with van der Waals surface area (Å²) in [4.78, 5) is 12.3. The van der Waals surface area contributed by atoms with Crippen LogP contribution >= 0.6 is 15.9 Å². The van der Waals surface area contributed by atoms with E-state index in [9.17, 15) is 9.18 Å². The molecular weight excluding hydrogens is 339 g/mol. The minimum absolute atomic E-state index is 0.267. The zero-order chi connectivity index (χ0) is 15.0. The number of aryl methyl sites for hydroxylation is 1. The smallest absolute Gasteiger partial charge is 0.253 e. The lowest BCUT2D eigenvalue weighted by molar-refractivity contribution is 0.0936. The molecule has 1 amide bonds.